The van der Waals surface area contributed by atoms with Gasteiger partial charge < -0.3 is 14.8 Å². The number of ether oxygens (including phenoxy) is 2. The van der Waals surface area contributed by atoms with E-state index in [1.165, 1.54) is 11.1 Å². The Morgan fingerprint density at radius 3 is 2.85 bits per heavy atom. The fourth-order valence-corrected chi connectivity index (χ4v) is 3.18. The molecule has 1 saturated heterocycles. The van der Waals surface area contributed by atoms with Gasteiger partial charge in [-0.15, -0.1) is 0 Å². The summed E-state index contributed by atoms with van der Waals surface area (Å²) in [5, 5.41) is 3.38. The van der Waals surface area contributed by atoms with Crippen LogP contribution in [-0.2, 0) is 11.2 Å². The van der Waals surface area contributed by atoms with E-state index in [0.29, 0.717) is 11.8 Å². The van der Waals surface area contributed by atoms with Crippen molar-refractivity contribution >= 4 is 17.0 Å². The van der Waals surface area contributed by atoms with Crippen LogP contribution in [0.15, 0.2) is 30.6 Å². The number of methoxy groups -OCH3 is 1. The van der Waals surface area contributed by atoms with Crippen molar-refractivity contribution in [1.29, 1.82) is 0 Å². The Bertz CT molecular complexity index is 885. The van der Waals surface area contributed by atoms with Crippen LogP contribution in [0.2, 0.25) is 0 Å². The molecule has 4 rings (SSSR count). The van der Waals surface area contributed by atoms with Crippen LogP contribution in [0.1, 0.15) is 30.2 Å². The van der Waals surface area contributed by atoms with Crippen LogP contribution in [0.3, 0.4) is 0 Å². The van der Waals surface area contributed by atoms with Crippen LogP contribution in [0.25, 0.3) is 11.2 Å². The molecule has 0 saturated carbocycles. The first-order chi connectivity index (χ1) is 12.7. The monoisotopic (exact) mass is 353 g/mol. The molecule has 0 unspecified atom stereocenters. The van der Waals surface area contributed by atoms with E-state index in [4.69, 9.17) is 9.47 Å². The summed E-state index contributed by atoms with van der Waals surface area (Å²) in [6.45, 7) is 3.62. The van der Waals surface area contributed by atoms with Gasteiger partial charge in [0.05, 0.1) is 13.4 Å². The average molecular weight is 353 g/mol. The normalized spacial score (nSPS) is 16.9. The predicted molar refractivity (Wildman–Crippen MR) is 99.5 cm³/mol. The first kappa shape index (κ1) is 16.8. The fraction of sp³-hybridized carbons (Fsp3) is 0.421. The lowest BCUT2D eigenvalue weighted by Gasteiger charge is -2.12. The number of fused-ring (bicyclic) bond motifs is 1. The molecule has 0 amide bonds. The van der Waals surface area contributed by atoms with Crippen molar-refractivity contribution in [3.63, 3.8) is 0 Å². The Hall–Kier alpha value is -2.67. The zero-order chi connectivity index (χ0) is 17.9. The summed E-state index contributed by atoms with van der Waals surface area (Å²) >= 11 is 0. The quantitative estimate of drug-likeness (QED) is 0.734. The third kappa shape index (κ3) is 3.35. The molecule has 2 aromatic heterocycles. The number of aromatic nitrogens is 4. The van der Waals surface area contributed by atoms with Gasteiger partial charge in [-0.05, 0) is 31.7 Å². The third-order valence-corrected chi connectivity index (χ3v) is 4.63. The maximum Gasteiger partial charge on any atom is 0.320 e. The molecule has 1 aromatic carbocycles. The lowest BCUT2D eigenvalue weighted by molar-refractivity contribution is 0.0592. The second-order valence-electron chi connectivity index (χ2n) is 6.51. The molecule has 7 heteroatoms. The number of anilines is 1. The molecule has 0 aliphatic carbocycles. The number of rotatable bonds is 6. The van der Waals surface area contributed by atoms with Crippen molar-refractivity contribution in [2.75, 3.05) is 25.6 Å². The topological polar surface area (TPSA) is 74.1 Å². The largest absolute Gasteiger partial charge is 0.467 e. The van der Waals surface area contributed by atoms with Crippen molar-refractivity contribution < 1.29 is 9.47 Å². The third-order valence-electron chi connectivity index (χ3n) is 4.63. The van der Waals surface area contributed by atoms with Gasteiger partial charge in [-0.1, -0.05) is 29.8 Å². The molecule has 3 heterocycles. The number of hydrogen-bond acceptors (Lipinski definition) is 6. The lowest BCUT2D eigenvalue weighted by Crippen LogP contribution is -2.10. The number of hydrogen-bond donors (Lipinski definition) is 1. The summed E-state index contributed by atoms with van der Waals surface area (Å²) in [4.78, 5) is 13.4. The van der Waals surface area contributed by atoms with Gasteiger partial charge >= 0.3 is 6.01 Å². The predicted octanol–water partition coefficient (Wildman–Crippen LogP) is 3.11. The highest BCUT2D eigenvalue weighted by Crippen LogP contribution is 2.29. The van der Waals surface area contributed by atoms with E-state index in [1.54, 1.807) is 13.4 Å². The molecule has 1 atom stereocenters. The van der Waals surface area contributed by atoms with E-state index < -0.39 is 0 Å². The highest BCUT2D eigenvalue weighted by Gasteiger charge is 2.22. The van der Waals surface area contributed by atoms with E-state index in [2.05, 4.69) is 51.5 Å². The number of nitrogens with one attached hydrogen (secondary N) is 1. The van der Waals surface area contributed by atoms with Crippen molar-refractivity contribution in [2.45, 2.75) is 32.4 Å². The number of nitrogens with zero attached hydrogens (tertiary/aromatic N) is 4. The molecule has 7 nitrogen and oxygen atoms in total. The van der Waals surface area contributed by atoms with Crippen molar-refractivity contribution in [1.82, 2.24) is 19.5 Å². The Labute approximate surface area is 152 Å². The Balaban J connectivity index is 1.56. The molecule has 1 N–H and O–H groups in total. The second kappa shape index (κ2) is 7.29. The van der Waals surface area contributed by atoms with E-state index in [0.717, 1.165) is 43.6 Å². The standard InChI is InChI=1S/C19H23N5O2/c1-13-5-7-14(8-6-13)9-10-20-17-16-18(23-19(22-17)25-2)24(12-21-16)15-4-3-11-26-15/h5-8,12,15H,3-4,9-11H2,1-2H3,(H,20,22,23)/t15-/m0/s1. The van der Waals surface area contributed by atoms with Crippen LogP contribution in [-0.4, -0.2) is 39.8 Å². The van der Waals surface area contributed by atoms with Crippen LogP contribution in [0, 0.1) is 6.92 Å². The smallest absolute Gasteiger partial charge is 0.320 e. The van der Waals surface area contributed by atoms with Crippen LogP contribution in [0.4, 0.5) is 5.82 Å². The minimum atomic E-state index is -0.0139. The van der Waals surface area contributed by atoms with Crippen molar-refractivity contribution in [2.24, 2.45) is 0 Å². The summed E-state index contributed by atoms with van der Waals surface area (Å²) in [7, 11) is 1.57. The molecular weight excluding hydrogens is 330 g/mol. The molecule has 1 aliphatic rings. The van der Waals surface area contributed by atoms with E-state index >= 15 is 0 Å². The Kier molecular flexibility index (Phi) is 4.71. The average Bonchev–Trinajstić information content (AvgIpc) is 3.32. The summed E-state index contributed by atoms with van der Waals surface area (Å²) in [6, 6.07) is 8.89. The van der Waals surface area contributed by atoms with E-state index in [1.807, 2.05) is 4.57 Å². The van der Waals surface area contributed by atoms with Gasteiger partial charge in [-0.2, -0.15) is 9.97 Å². The molecular formula is C19H23N5O2. The van der Waals surface area contributed by atoms with Gasteiger partial charge in [0.2, 0.25) is 0 Å². The Morgan fingerprint density at radius 2 is 2.12 bits per heavy atom. The van der Waals surface area contributed by atoms with Gasteiger partial charge in [-0.25, -0.2) is 4.98 Å². The highest BCUT2D eigenvalue weighted by molar-refractivity contribution is 5.83. The zero-order valence-corrected chi connectivity index (χ0v) is 15.1. The number of aryl methyl sites for hydroxylation is 1. The SMILES string of the molecule is COc1nc(NCCc2ccc(C)cc2)c2ncn([C@@H]3CCCO3)c2n1. The molecule has 1 aliphatic heterocycles. The van der Waals surface area contributed by atoms with E-state index in [-0.39, 0.29) is 6.23 Å². The maximum atomic E-state index is 5.77. The molecule has 26 heavy (non-hydrogen) atoms. The molecule has 1 fully saturated rings. The molecule has 0 radical (unpaired) electrons. The first-order valence-corrected chi connectivity index (χ1v) is 8.94. The molecule has 0 bridgehead atoms. The summed E-state index contributed by atoms with van der Waals surface area (Å²) < 4.78 is 13.0. The number of imidazole rings is 1. The number of benzene rings is 1. The van der Waals surface area contributed by atoms with Crippen LogP contribution < -0.4 is 10.1 Å². The second-order valence-corrected chi connectivity index (χ2v) is 6.51. The summed E-state index contributed by atoms with van der Waals surface area (Å²) in [5.41, 5.74) is 4.03. The summed E-state index contributed by atoms with van der Waals surface area (Å²) in [6.07, 6.45) is 4.68. The van der Waals surface area contributed by atoms with Gasteiger partial charge in [0.15, 0.2) is 17.0 Å². The highest BCUT2D eigenvalue weighted by atomic mass is 16.5. The fourth-order valence-electron chi connectivity index (χ4n) is 3.18. The minimum absolute atomic E-state index is 0.0139. The van der Waals surface area contributed by atoms with Gasteiger partial charge in [0, 0.05) is 13.2 Å². The lowest BCUT2D eigenvalue weighted by atomic mass is 10.1. The van der Waals surface area contributed by atoms with Crippen molar-refractivity contribution in [3.8, 4) is 6.01 Å². The summed E-state index contributed by atoms with van der Waals surface area (Å²) in [5.74, 6) is 0.690. The Morgan fingerprint density at radius 1 is 1.27 bits per heavy atom. The molecule has 3 aromatic rings. The molecule has 136 valence electrons. The van der Waals surface area contributed by atoms with Crippen LogP contribution in [0.5, 0.6) is 6.01 Å². The van der Waals surface area contributed by atoms with Gasteiger partial charge in [-0.3, -0.25) is 4.57 Å². The molecule has 0 spiro atoms. The van der Waals surface area contributed by atoms with Gasteiger partial charge in [0.25, 0.3) is 0 Å². The van der Waals surface area contributed by atoms with Crippen molar-refractivity contribution in [3.05, 3.63) is 41.7 Å². The van der Waals surface area contributed by atoms with Gasteiger partial charge in [0.1, 0.15) is 6.23 Å². The zero-order valence-electron chi connectivity index (χ0n) is 15.1. The van der Waals surface area contributed by atoms with E-state index in [9.17, 15) is 0 Å². The minimum Gasteiger partial charge on any atom is -0.467 e. The first-order valence-electron chi connectivity index (χ1n) is 8.94. The maximum absolute atomic E-state index is 5.77. The van der Waals surface area contributed by atoms with Crippen LogP contribution >= 0.6 is 0 Å².